The molecule has 1 aliphatic heterocycles. The maximum absolute atomic E-state index is 12.3. The van der Waals surface area contributed by atoms with E-state index in [0.29, 0.717) is 25.7 Å². The molecule has 25 heavy (non-hydrogen) atoms. The number of aliphatic imine (C=N–C) groups is 1. The van der Waals surface area contributed by atoms with E-state index in [1.165, 1.54) is 0 Å². The molecule has 0 radical (unpaired) electrons. The molecule has 0 aromatic rings. The molecule has 0 bridgehead atoms. The van der Waals surface area contributed by atoms with Crippen LogP contribution in [-0.4, -0.2) is 77.4 Å². The molecular formula is C17H33IN4O3. The van der Waals surface area contributed by atoms with Crippen molar-refractivity contribution >= 4 is 36.0 Å². The van der Waals surface area contributed by atoms with Crippen LogP contribution in [0.2, 0.25) is 0 Å². The Bertz CT molecular complexity index is 463. The fourth-order valence-corrected chi connectivity index (χ4v) is 2.75. The lowest BCUT2D eigenvalue weighted by atomic mass is 10.2. The van der Waals surface area contributed by atoms with Crippen molar-refractivity contribution in [3.8, 4) is 0 Å². The number of aliphatic hydroxyl groups is 1. The molecule has 1 heterocycles. The van der Waals surface area contributed by atoms with Crippen molar-refractivity contribution in [2.75, 3.05) is 32.7 Å². The van der Waals surface area contributed by atoms with Gasteiger partial charge in [-0.05, 0) is 47.0 Å². The standard InChI is InChI=1S/C17H32N4O3.HI/c1-5-18-15(20-10-8-14(22)12-20)19-9-11-21(13-6-7-13)16(23)24-17(2,3)4;/h13-14,22H,5-12H2,1-4H3,(H,18,19);1H/t14-;/m1./s1. The molecule has 2 N–H and O–H groups in total. The van der Waals surface area contributed by atoms with Crippen molar-refractivity contribution in [2.45, 2.75) is 64.7 Å². The Labute approximate surface area is 168 Å². The number of nitrogens with zero attached hydrogens (tertiary/aromatic N) is 3. The Hall–Kier alpha value is -0.770. The van der Waals surface area contributed by atoms with Crippen LogP contribution in [0.25, 0.3) is 0 Å². The number of likely N-dealkylation sites (tertiary alicyclic amines) is 1. The Balaban J connectivity index is 0.00000312. The van der Waals surface area contributed by atoms with E-state index >= 15 is 0 Å². The van der Waals surface area contributed by atoms with Crippen LogP contribution >= 0.6 is 24.0 Å². The third-order valence-corrected chi connectivity index (χ3v) is 4.02. The van der Waals surface area contributed by atoms with Crippen LogP contribution in [0.5, 0.6) is 0 Å². The fraction of sp³-hybridized carbons (Fsp3) is 0.882. The molecule has 146 valence electrons. The number of hydrogen-bond donors (Lipinski definition) is 2. The van der Waals surface area contributed by atoms with Crippen molar-refractivity contribution in [3.05, 3.63) is 0 Å². The monoisotopic (exact) mass is 468 g/mol. The number of carbonyl (C=O) groups excluding carboxylic acids is 1. The first-order valence-electron chi connectivity index (χ1n) is 9.01. The molecule has 1 amide bonds. The first-order chi connectivity index (χ1) is 11.3. The van der Waals surface area contributed by atoms with Gasteiger partial charge in [0, 0.05) is 32.2 Å². The molecule has 1 saturated heterocycles. The van der Waals surface area contributed by atoms with Crippen molar-refractivity contribution in [3.63, 3.8) is 0 Å². The van der Waals surface area contributed by atoms with Crippen LogP contribution in [0.3, 0.4) is 0 Å². The van der Waals surface area contributed by atoms with Gasteiger partial charge in [-0.15, -0.1) is 24.0 Å². The predicted molar refractivity (Wildman–Crippen MR) is 110 cm³/mol. The van der Waals surface area contributed by atoms with E-state index < -0.39 is 5.60 Å². The summed E-state index contributed by atoms with van der Waals surface area (Å²) in [5, 5.41) is 13.0. The number of halogens is 1. The molecule has 8 heteroatoms. The third kappa shape index (κ3) is 7.55. The minimum atomic E-state index is -0.478. The summed E-state index contributed by atoms with van der Waals surface area (Å²) in [6.07, 6.45) is 2.33. The lowest BCUT2D eigenvalue weighted by molar-refractivity contribution is 0.0240. The average molecular weight is 468 g/mol. The molecule has 0 unspecified atom stereocenters. The summed E-state index contributed by atoms with van der Waals surface area (Å²) >= 11 is 0. The van der Waals surface area contributed by atoms with E-state index in [9.17, 15) is 9.90 Å². The van der Waals surface area contributed by atoms with Crippen LogP contribution in [0.4, 0.5) is 4.79 Å². The van der Waals surface area contributed by atoms with Gasteiger partial charge in [0.15, 0.2) is 5.96 Å². The summed E-state index contributed by atoms with van der Waals surface area (Å²) in [5.41, 5.74) is -0.478. The molecule has 1 atom stereocenters. The molecular weight excluding hydrogens is 435 g/mol. The van der Waals surface area contributed by atoms with Crippen LogP contribution in [0.15, 0.2) is 4.99 Å². The van der Waals surface area contributed by atoms with Gasteiger partial charge in [-0.1, -0.05) is 0 Å². The molecule has 0 spiro atoms. The quantitative estimate of drug-likeness (QED) is 0.367. The lowest BCUT2D eigenvalue weighted by Crippen LogP contribution is -2.42. The zero-order valence-electron chi connectivity index (χ0n) is 15.8. The van der Waals surface area contributed by atoms with Gasteiger partial charge >= 0.3 is 6.09 Å². The van der Waals surface area contributed by atoms with E-state index in [-0.39, 0.29) is 36.2 Å². The zero-order valence-corrected chi connectivity index (χ0v) is 18.2. The molecule has 0 aromatic heterocycles. The van der Waals surface area contributed by atoms with Crippen LogP contribution in [0, 0.1) is 0 Å². The third-order valence-electron chi connectivity index (χ3n) is 4.02. The Morgan fingerprint density at radius 2 is 2.04 bits per heavy atom. The summed E-state index contributed by atoms with van der Waals surface area (Å²) < 4.78 is 5.50. The second-order valence-corrected chi connectivity index (χ2v) is 7.53. The molecule has 0 aromatic carbocycles. The summed E-state index contributed by atoms with van der Waals surface area (Å²) in [7, 11) is 0. The summed E-state index contributed by atoms with van der Waals surface area (Å²) in [4.78, 5) is 20.8. The highest BCUT2D eigenvalue weighted by molar-refractivity contribution is 14.0. The van der Waals surface area contributed by atoms with E-state index in [0.717, 1.165) is 38.3 Å². The number of hydrogen-bond acceptors (Lipinski definition) is 4. The number of rotatable bonds is 5. The summed E-state index contributed by atoms with van der Waals surface area (Å²) in [5.74, 6) is 0.814. The van der Waals surface area contributed by atoms with E-state index in [1.54, 1.807) is 4.90 Å². The molecule has 2 rings (SSSR count). The zero-order chi connectivity index (χ0) is 17.7. The fourth-order valence-electron chi connectivity index (χ4n) is 2.75. The number of amides is 1. The highest BCUT2D eigenvalue weighted by Gasteiger charge is 2.35. The van der Waals surface area contributed by atoms with Gasteiger partial charge in [0.2, 0.25) is 0 Å². The van der Waals surface area contributed by atoms with Gasteiger partial charge < -0.3 is 25.0 Å². The van der Waals surface area contributed by atoms with Crippen molar-refractivity contribution in [2.24, 2.45) is 4.99 Å². The van der Waals surface area contributed by atoms with Crippen LogP contribution in [-0.2, 0) is 4.74 Å². The van der Waals surface area contributed by atoms with E-state index in [1.807, 2.05) is 27.7 Å². The minimum Gasteiger partial charge on any atom is -0.444 e. The van der Waals surface area contributed by atoms with Gasteiger partial charge in [-0.25, -0.2) is 4.79 Å². The number of aliphatic hydroxyl groups excluding tert-OH is 1. The second-order valence-electron chi connectivity index (χ2n) is 7.53. The SMILES string of the molecule is CCNC(=NCCN(C(=O)OC(C)(C)C)C1CC1)N1CC[C@@H](O)C1.I. The Morgan fingerprint density at radius 3 is 2.52 bits per heavy atom. The van der Waals surface area contributed by atoms with Gasteiger partial charge in [-0.2, -0.15) is 0 Å². The van der Waals surface area contributed by atoms with E-state index in [2.05, 4.69) is 15.2 Å². The van der Waals surface area contributed by atoms with Gasteiger partial charge in [0.05, 0.1) is 12.6 Å². The Morgan fingerprint density at radius 1 is 1.36 bits per heavy atom. The van der Waals surface area contributed by atoms with Crippen molar-refractivity contribution in [1.82, 2.24) is 15.1 Å². The molecule has 1 saturated carbocycles. The average Bonchev–Trinajstić information content (AvgIpc) is 3.21. The van der Waals surface area contributed by atoms with Crippen molar-refractivity contribution in [1.29, 1.82) is 0 Å². The van der Waals surface area contributed by atoms with Crippen LogP contribution < -0.4 is 5.32 Å². The number of ether oxygens (including phenoxy) is 1. The van der Waals surface area contributed by atoms with E-state index in [4.69, 9.17) is 4.74 Å². The molecule has 2 fully saturated rings. The van der Waals surface area contributed by atoms with Gasteiger partial charge in [0.1, 0.15) is 5.60 Å². The lowest BCUT2D eigenvalue weighted by Gasteiger charge is -2.27. The molecule has 1 aliphatic carbocycles. The van der Waals surface area contributed by atoms with Crippen LogP contribution in [0.1, 0.15) is 47.0 Å². The topological polar surface area (TPSA) is 77.4 Å². The number of guanidine groups is 1. The number of carbonyl (C=O) groups is 1. The smallest absolute Gasteiger partial charge is 0.410 e. The first kappa shape index (κ1) is 22.3. The minimum absolute atomic E-state index is 0. The summed E-state index contributed by atoms with van der Waals surface area (Å²) in [6, 6.07) is 0.297. The molecule has 2 aliphatic rings. The van der Waals surface area contributed by atoms with Gasteiger partial charge in [-0.3, -0.25) is 4.99 Å². The maximum Gasteiger partial charge on any atom is 0.410 e. The first-order valence-corrected chi connectivity index (χ1v) is 9.01. The molecule has 7 nitrogen and oxygen atoms in total. The maximum atomic E-state index is 12.3. The Kier molecular flexibility index (Phi) is 8.73. The highest BCUT2D eigenvalue weighted by atomic mass is 127. The largest absolute Gasteiger partial charge is 0.444 e. The number of nitrogens with one attached hydrogen (secondary N) is 1. The number of β-amino-alcohol motifs (C(OH)–C–C–N with tert-alkyl or cyclic N) is 1. The van der Waals surface area contributed by atoms with Crippen molar-refractivity contribution < 1.29 is 14.6 Å². The normalized spacial score (nSPS) is 20.9. The second kappa shape index (κ2) is 9.80. The summed E-state index contributed by atoms with van der Waals surface area (Å²) in [6.45, 7) is 11.0. The highest BCUT2D eigenvalue weighted by Crippen LogP contribution is 2.28. The van der Waals surface area contributed by atoms with Gasteiger partial charge in [0.25, 0.3) is 0 Å². The predicted octanol–water partition coefficient (Wildman–Crippen LogP) is 2.04.